The van der Waals surface area contributed by atoms with E-state index in [0.29, 0.717) is 46.6 Å². The van der Waals surface area contributed by atoms with Crippen LogP contribution >= 0.6 is 0 Å². The summed E-state index contributed by atoms with van der Waals surface area (Å²) in [5, 5.41) is 4.31. The van der Waals surface area contributed by atoms with E-state index in [4.69, 9.17) is 58.7 Å². The van der Waals surface area contributed by atoms with Gasteiger partial charge in [-0.05, 0) is 82.9 Å². The molecule has 0 fully saturated rings. The molecule has 0 aliphatic rings. The van der Waals surface area contributed by atoms with Crippen LogP contribution in [0.3, 0.4) is 0 Å². The molecule has 0 amide bonds. The van der Waals surface area contributed by atoms with Gasteiger partial charge in [-0.1, -0.05) is 315 Å². The van der Waals surface area contributed by atoms with Crippen molar-refractivity contribution in [2.24, 2.45) is 0 Å². The van der Waals surface area contributed by atoms with Crippen LogP contribution in [0.1, 0.15) is 0 Å². The van der Waals surface area contributed by atoms with E-state index in [1.807, 2.05) is 206 Å². The van der Waals surface area contributed by atoms with Crippen LogP contribution in [-0.2, 0) is 0 Å². The molecule has 0 radical (unpaired) electrons. The third kappa shape index (κ3) is 13.5. The highest BCUT2D eigenvalue weighted by molar-refractivity contribution is 6.07. The summed E-state index contributed by atoms with van der Waals surface area (Å²) < 4.78 is 12.4. The highest BCUT2D eigenvalue weighted by Crippen LogP contribution is 2.39. The monoisotopic (exact) mass is 1410 g/mol. The molecule has 6 aromatic heterocycles. The van der Waals surface area contributed by atoms with E-state index in [1.165, 1.54) is 0 Å². The Labute approximate surface area is 633 Å². The molecule has 516 valence electrons. The highest BCUT2D eigenvalue weighted by atomic mass is 16.3. The molecule has 0 unspecified atom stereocenters. The molecule has 110 heavy (non-hydrogen) atoms. The average molecular weight is 1410 g/mol. The van der Waals surface area contributed by atoms with Crippen molar-refractivity contribution < 1.29 is 8.83 Å². The van der Waals surface area contributed by atoms with Crippen molar-refractivity contribution in [2.45, 2.75) is 0 Å². The molecule has 0 bridgehead atoms. The van der Waals surface area contributed by atoms with Crippen molar-refractivity contribution in [3.63, 3.8) is 0 Å². The Kier molecular flexibility index (Phi) is 17.3. The molecule has 0 saturated heterocycles. The summed E-state index contributed by atoms with van der Waals surface area (Å²) in [6.45, 7) is 0. The second-order valence-corrected chi connectivity index (χ2v) is 26.7. The topological polar surface area (TPSA) is 155 Å². The molecule has 0 aliphatic heterocycles. The molecule has 0 saturated carbocycles. The first kappa shape index (κ1) is 65.6. The number of aromatic nitrogens is 10. The van der Waals surface area contributed by atoms with Crippen molar-refractivity contribution in [1.29, 1.82) is 0 Å². The molecular formula is C98H62N10O2. The maximum atomic E-state index is 6.23. The summed E-state index contributed by atoms with van der Waals surface area (Å²) in [6, 6.07) is 127. The lowest BCUT2D eigenvalue weighted by Crippen LogP contribution is -2.00. The van der Waals surface area contributed by atoms with Gasteiger partial charge in [-0.3, -0.25) is 0 Å². The number of furan rings is 2. The fourth-order valence-corrected chi connectivity index (χ4v) is 13.9. The van der Waals surface area contributed by atoms with Crippen LogP contribution in [0.4, 0.5) is 0 Å². The standard InChI is InChI=1S/2C49H31N5O/c1-4-13-33(14-5-1)42-31-43(51-49(50-42)39-27-28-41-40-21-10-11-22-44(40)55-45(41)30-39)38-20-12-19-37(29-38)32-23-25-36(26-24-32)48-53-46(34-15-6-2-7-16-34)52-47(54-48)35-17-8-3-9-18-35;1-4-13-33(14-5-1)42-31-43(51-46(50-42)34-15-6-2-7-16-34)38-20-12-19-37(29-38)32-23-25-36(26-24-32)48-52-47(35-17-8-3-9-18-35)53-49(54-48)39-27-28-41-40-21-10-11-22-44(40)55-45(41)30-39/h2*1-31H. The Morgan fingerprint density at radius 1 is 0.127 bits per heavy atom. The van der Waals surface area contributed by atoms with Gasteiger partial charge in [0, 0.05) is 88.3 Å². The number of benzene rings is 14. The van der Waals surface area contributed by atoms with Gasteiger partial charge in [0.05, 0.1) is 22.8 Å². The predicted molar refractivity (Wildman–Crippen MR) is 441 cm³/mol. The van der Waals surface area contributed by atoms with Gasteiger partial charge in [0.1, 0.15) is 22.3 Å². The SMILES string of the molecule is c1ccc(-c2cc(-c3cccc(-c4ccc(-c5nc(-c6ccccc6)nc(-c6ccc7c(c6)oc6ccccc67)n5)cc4)c3)nc(-c3ccccc3)n2)cc1.c1ccc(-c2cc(-c3cccc(-c4ccc(-c5nc(-c6ccccc6)nc(-c6ccccc6)n5)cc4)c3)nc(-c3ccc4c(c3)oc3ccccc34)n2)cc1. The second kappa shape index (κ2) is 29.1. The number of fused-ring (bicyclic) bond motifs is 6. The van der Waals surface area contributed by atoms with Gasteiger partial charge in [0.2, 0.25) is 0 Å². The van der Waals surface area contributed by atoms with Crippen molar-refractivity contribution >= 4 is 43.9 Å². The Balaban J connectivity index is 0.000000149. The van der Waals surface area contributed by atoms with Gasteiger partial charge in [0.25, 0.3) is 0 Å². The van der Waals surface area contributed by atoms with Gasteiger partial charge in [-0.15, -0.1) is 0 Å². The lowest BCUT2D eigenvalue weighted by atomic mass is 9.99. The first-order chi connectivity index (χ1) is 54.4. The van der Waals surface area contributed by atoms with Crippen LogP contribution in [0.2, 0.25) is 0 Å². The van der Waals surface area contributed by atoms with Crippen LogP contribution in [0.25, 0.3) is 202 Å². The summed E-state index contributed by atoms with van der Waals surface area (Å²) >= 11 is 0. The van der Waals surface area contributed by atoms with E-state index in [1.54, 1.807) is 0 Å². The van der Waals surface area contributed by atoms with Crippen LogP contribution in [0.5, 0.6) is 0 Å². The first-order valence-electron chi connectivity index (χ1n) is 36.3. The van der Waals surface area contributed by atoms with Crippen LogP contribution < -0.4 is 0 Å². The molecule has 0 atom stereocenters. The van der Waals surface area contributed by atoms with Crippen LogP contribution in [0.15, 0.2) is 385 Å². The molecule has 12 nitrogen and oxygen atoms in total. The Hall–Kier alpha value is -15.1. The maximum Gasteiger partial charge on any atom is 0.164 e. The summed E-state index contributed by atoms with van der Waals surface area (Å²) in [5.74, 6) is 5.00. The smallest absolute Gasteiger partial charge is 0.164 e. The number of hydrogen-bond acceptors (Lipinski definition) is 12. The summed E-state index contributed by atoms with van der Waals surface area (Å²) in [7, 11) is 0. The molecule has 20 aromatic rings. The summed E-state index contributed by atoms with van der Waals surface area (Å²) in [5.41, 5.74) is 22.4. The fraction of sp³-hybridized carbons (Fsp3) is 0. The lowest BCUT2D eigenvalue weighted by Gasteiger charge is -2.11. The van der Waals surface area contributed by atoms with E-state index in [0.717, 1.165) is 156 Å². The minimum atomic E-state index is 0.581. The maximum absolute atomic E-state index is 6.23. The first-order valence-corrected chi connectivity index (χ1v) is 36.3. The van der Waals surface area contributed by atoms with Crippen molar-refractivity contribution in [3.05, 3.63) is 376 Å². The molecule has 0 spiro atoms. The van der Waals surface area contributed by atoms with Gasteiger partial charge < -0.3 is 8.83 Å². The molecule has 0 aliphatic carbocycles. The molecule has 20 rings (SSSR count). The Morgan fingerprint density at radius 2 is 0.355 bits per heavy atom. The fourth-order valence-electron chi connectivity index (χ4n) is 13.9. The molecular weight excluding hydrogens is 1350 g/mol. The second-order valence-electron chi connectivity index (χ2n) is 26.7. The van der Waals surface area contributed by atoms with E-state index in [2.05, 4.69) is 170 Å². The van der Waals surface area contributed by atoms with Crippen molar-refractivity contribution in [3.8, 4) is 158 Å². The zero-order valence-corrected chi connectivity index (χ0v) is 59.1. The minimum Gasteiger partial charge on any atom is -0.456 e. The normalized spacial score (nSPS) is 11.3. The lowest BCUT2D eigenvalue weighted by molar-refractivity contribution is 0.668. The van der Waals surface area contributed by atoms with E-state index in [-0.39, 0.29) is 0 Å². The zero-order chi connectivity index (χ0) is 73.1. The number of rotatable bonds is 14. The van der Waals surface area contributed by atoms with Gasteiger partial charge in [-0.25, -0.2) is 49.8 Å². The highest BCUT2D eigenvalue weighted by Gasteiger charge is 2.20. The quantitative estimate of drug-likeness (QED) is 0.102. The molecule has 0 N–H and O–H groups in total. The van der Waals surface area contributed by atoms with Crippen LogP contribution in [0, 0.1) is 0 Å². The van der Waals surface area contributed by atoms with E-state index < -0.39 is 0 Å². The van der Waals surface area contributed by atoms with Gasteiger partial charge in [-0.2, -0.15) is 0 Å². The molecule has 6 heterocycles. The number of nitrogens with zero attached hydrogens (tertiary/aromatic N) is 10. The number of hydrogen-bond donors (Lipinski definition) is 0. The van der Waals surface area contributed by atoms with E-state index in [9.17, 15) is 0 Å². The third-order valence-electron chi connectivity index (χ3n) is 19.5. The molecule has 14 aromatic carbocycles. The number of para-hydroxylation sites is 2. The van der Waals surface area contributed by atoms with Crippen molar-refractivity contribution in [1.82, 2.24) is 49.8 Å². The van der Waals surface area contributed by atoms with Crippen LogP contribution in [-0.4, -0.2) is 49.8 Å². The predicted octanol–water partition coefficient (Wildman–Crippen LogP) is 24.5. The van der Waals surface area contributed by atoms with Gasteiger partial charge in [0.15, 0.2) is 46.6 Å². The Morgan fingerprint density at radius 3 is 0.700 bits per heavy atom. The Bertz CT molecular complexity index is 6630. The summed E-state index contributed by atoms with van der Waals surface area (Å²) in [6.07, 6.45) is 0. The van der Waals surface area contributed by atoms with E-state index >= 15 is 0 Å². The zero-order valence-electron chi connectivity index (χ0n) is 59.1. The molecule has 12 heteroatoms. The largest absolute Gasteiger partial charge is 0.456 e. The third-order valence-corrected chi connectivity index (χ3v) is 19.5. The van der Waals surface area contributed by atoms with Crippen molar-refractivity contribution in [2.75, 3.05) is 0 Å². The summed E-state index contributed by atoms with van der Waals surface area (Å²) in [4.78, 5) is 49.8. The minimum absolute atomic E-state index is 0.581. The average Bonchev–Trinajstić information content (AvgIpc) is 1.55. The van der Waals surface area contributed by atoms with Gasteiger partial charge >= 0.3 is 0 Å².